The van der Waals surface area contributed by atoms with Gasteiger partial charge in [-0.15, -0.1) is 0 Å². The molecule has 3 aromatic rings. The van der Waals surface area contributed by atoms with Crippen molar-refractivity contribution in [3.8, 4) is 17.0 Å². The summed E-state index contributed by atoms with van der Waals surface area (Å²) >= 11 is 7.74. The fourth-order valence-corrected chi connectivity index (χ4v) is 4.18. The first kappa shape index (κ1) is 17.9. The average molecular weight is 400 g/mol. The number of carbonyl (C=O) groups is 1. The number of ether oxygens (including phenoxy) is 1. The maximum atomic E-state index is 12.6. The predicted octanol–water partition coefficient (Wildman–Crippen LogP) is 4.25. The van der Waals surface area contributed by atoms with Crippen LogP contribution in [0, 0.1) is 0 Å². The average Bonchev–Trinajstić information content (AvgIpc) is 3.28. The summed E-state index contributed by atoms with van der Waals surface area (Å²) in [5.74, 6) is 1.52. The number of carbonyl (C=O) groups excluding carboxylic acids is 1. The number of imidazole rings is 1. The van der Waals surface area contributed by atoms with Crippen molar-refractivity contribution >= 4 is 29.3 Å². The SMILES string of the molecule is COc1cccc(C(=O)NCc2c(-c3ccc(Cl)cc3)nc3n2CCS3)c1. The van der Waals surface area contributed by atoms with Gasteiger partial charge in [0.15, 0.2) is 5.16 Å². The molecule has 5 nitrogen and oxygen atoms in total. The van der Waals surface area contributed by atoms with E-state index in [1.165, 1.54) is 0 Å². The quantitative estimate of drug-likeness (QED) is 0.696. The third-order valence-corrected chi connectivity index (χ3v) is 5.66. The molecule has 0 atom stereocenters. The second-order valence-electron chi connectivity index (χ2n) is 6.11. The summed E-state index contributed by atoms with van der Waals surface area (Å²) in [5.41, 5.74) is 3.46. The van der Waals surface area contributed by atoms with Crippen molar-refractivity contribution in [2.75, 3.05) is 12.9 Å². The highest BCUT2D eigenvalue weighted by molar-refractivity contribution is 7.99. The van der Waals surface area contributed by atoms with Crippen molar-refractivity contribution in [3.63, 3.8) is 0 Å². The number of hydrogen-bond acceptors (Lipinski definition) is 4. The Morgan fingerprint density at radius 3 is 2.89 bits per heavy atom. The second-order valence-corrected chi connectivity index (χ2v) is 7.61. The molecule has 0 saturated heterocycles. The van der Waals surface area contributed by atoms with Crippen molar-refractivity contribution in [1.82, 2.24) is 14.9 Å². The summed E-state index contributed by atoms with van der Waals surface area (Å²) in [6, 6.07) is 14.7. The van der Waals surface area contributed by atoms with Crippen LogP contribution in [0.4, 0.5) is 0 Å². The van der Waals surface area contributed by atoms with E-state index in [-0.39, 0.29) is 5.91 Å². The Bertz CT molecular complexity index is 985. The minimum absolute atomic E-state index is 0.142. The number of rotatable bonds is 5. The number of fused-ring (bicyclic) bond motifs is 1. The molecule has 1 aliphatic heterocycles. The third-order valence-electron chi connectivity index (χ3n) is 4.45. The molecule has 0 unspecified atom stereocenters. The Morgan fingerprint density at radius 2 is 2.11 bits per heavy atom. The van der Waals surface area contributed by atoms with E-state index in [0.717, 1.165) is 34.4 Å². The van der Waals surface area contributed by atoms with Gasteiger partial charge in [-0.3, -0.25) is 4.79 Å². The van der Waals surface area contributed by atoms with Crippen LogP contribution < -0.4 is 10.1 Å². The number of thioether (sulfide) groups is 1. The molecule has 1 aromatic heterocycles. The zero-order chi connectivity index (χ0) is 18.8. The highest BCUT2D eigenvalue weighted by atomic mass is 35.5. The Balaban J connectivity index is 1.59. The minimum Gasteiger partial charge on any atom is -0.497 e. The molecule has 1 N–H and O–H groups in total. The van der Waals surface area contributed by atoms with Gasteiger partial charge in [0.05, 0.1) is 25.0 Å². The lowest BCUT2D eigenvalue weighted by atomic mass is 10.1. The first-order valence-corrected chi connectivity index (χ1v) is 9.92. The number of nitrogens with zero attached hydrogens (tertiary/aromatic N) is 2. The van der Waals surface area contributed by atoms with Crippen molar-refractivity contribution in [1.29, 1.82) is 0 Å². The molecule has 0 saturated carbocycles. The van der Waals surface area contributed by atoms with Gasteiger partial charge in [0.1, 0.15) is 5.75 Å². The van der Waals surface area contributed by atoms with Crippen molar-refractivity contribution < 1.29 is 9.53 Å². The van der Waals surface area contributed by atoms with Crippen LogP contribution in [0.25, 0.3) is 11.3 Å². The van der Waals surface area contributed by atoms with Crippen LogP contribution in [-0.2, 0) is 13.1 Å². The zero-order valence-electron chi connectivity index (χ0n) is 14.7. The van der Waals surface area contributed by atoms with E-state index in [0.29, 0.717) is 22.9 Å². The van der Waals surface area contributed by atoms with E-state index < -0.39 is 0 Å². The van der Waals surface area contributed by atoms with Gasteiger partial charge >= 0.3 is 0 Å². The molecule has 27 heavy (non-hydrogen) atoms. The van der Waals surface area contributed by atoms with Crippen molar-refractivity contribution in [3.05, 3.63) is 64.8 Å². The largest absolute Gasteiger partial charge is 0.497 e. The maximum absolute atomic E-state index is 12.6. The maximum Gasteiger partial charge on any atom is 0.251 e. The first-order chi connectivity index (χ1) is 13.2. The van der Waals surface area contributed by atoms with E-state index in [4.69, 9.17) is 21.3 Å². The molecular weight excluding hydrogens is 382 g/mol. The summed E-state index contributed by atoms with van der Waals surface area (Å²) in [6.45, 7) is 1.30. The van der Waals surface area contributed by atoms with Gasteiger partial charge in [-0.2, -0.15) is 0 Å². The lowest BCUT2D eigenvalue weighted by Crippen LogP contribution is -2.24. The number of halogens is 1. The molecule has 4 rings (SSSR count). The Labute approximate surface area is 166 Å². The number of hydrogen-bond donors (Lipinski definition) is 1. The van der Waals surface area contributed by atoms with Gasteiger partial charge in [0.25, 0.3) is 5.91 Å². The molecule has 2 aromatic carbocycles. The summed E-state index contributed by atoms with van der Waals surface area (Å²) in [5, 5.41) is 4.69. The molecule has 0 spiro atoms. The van der Waals surface area contributed by atoms with Crippen LogP contribution in [0.1, 0.15) is 16.1 Å². The smallest absolute Gasteiger partial charge is 0.251 e. The van der Waals surface area contributed by atoms with Crippen LogP contribution >= 0.6 is 23.4 Å². The van der Waals surface area contributed by atoms with Crippen LogP contribution in [0.3, 0.4) is 0 Å². The molecule has 2 heterocycles. The molecule has 1 aliphatic rings. The molecule has 7 heteroatoms. The van der Waals surface area contributed by atoms with Crippen molar-refractivity contribution in [2.45, 2.75) is 18.2 Å². The fraction of sp³-hybridized carbons (Fsp3) is 0.200. The second kappa shape index (κ2) is 7.66. The van der Waals surface area contributed by atoms with E-state index >= 15 is 0 Å². The van der Waals surface area contributed by atoms with Gasteiger partial charge in [-0.05, 0) is 30.3 Å². The summed E-state index contributed by atoms with van der Waals surface area (Å²) < 4.78 is 7.38. The molecule has 1 amide bonds. The first-order valence-electron chi connectivity index (χ1n) is 8.56. The van der Waals surface area contributed by atoms with Gasteiger partial charge < -0.3 is 14.6 Å². The summed E-state index contributed by atoms with van der Waals surface area (Å²) in [6.07, 6.45) is 0. The molecule has 0 bridgehead atoms. The number of nitrogens with one attached hydrogen (secondary N) is 1. The number of aromatic nitrogens is 2. The van der Waals surface area contributed by atoms with Crippen molar-refractivity contribution in [2.24, 2.45) is 0 Å². The van der Waals surface area contributed by atoms with Crippen LogP contribution in [-0.4, -0.2) is 28.3 Å². The van der Waals surface area contributed by atoms with Gasteiger partial charge in [-0.1, -0.05) is 41.6 Å². The Morgan fingerprint density at radius 1 is 1.30 bits per heavy atom. The lowest BCUT2D eigenvalue weighted by molar-refractivity contribution is 0.0949. The fourth-order valence-electron chi connectivity index (χ4n) is 3.08. The van der Waals surface area contributed by atoms with Crippen LogP contribution in [0.5, 0.6) is 5.75 Å². The van der Waals surface area contributed by atoms with E-state index in [9.17, 15) is 4.79 Å². The van der Waals surface area contributed by atoms with Gasteiger partial charge in [0, 0.05) is 28.4 Å². The molecule has 138 valence electrons. The topological polar surface area (TPSA) is 56.1 Å². The molecule has 0 radical (unpaired) electrons. The van der Waals surface area contributed by atoms with Crippen LogP contribution in [0.2, 0.25) is 5.02 Å². The lowest BCUT2D eigenvalue weighted by Gasteiger charge is -2.10. The normalized spacial score (nSPS) is 12.7. The Hall–Kier alpha value is -2.44. The van der Waals surface area contributed by atoms with Gasteiger partial charge in [-0.25, -0.2) is 4.98 Å². The van der Waals surface area contributed by atoms with E-state index in [2.05, 4.69) is 9.88 Å². The number of methoxy groups -OCH3 is 1. The molecule has 0 fully saturated rings. The Kier molecular flexibility index (Phi) is 5.09. The standard InChI is InChI=1S/C20H18ClN3O2S/c1-26-16-4-2-3-14(11-16)19(25)22-12-17-18(13-5-7-15(21)8-6-13)23-20-24(17)9-10-27-20/h2-8,11H,9-10,12H2,1H3,(H,22,25). The van der Waals surface area contributed by atoms with Gasteiger partial charge in [0.2, 0.25) is 0 Å². The van der Waals surface area contributed by atoms with E-state index in [1.54, 1.807) is 37.1 Å². The van der Waals surface area contributed by atoms with Crippen LogP contribution in [0.15, 0.2) is 53.7 Å². The minimum atomic E-state index is -0.142. The third kappa shape index (κ3) is 3.68. The molecular formula is C20H18ClN3O2S. The highest BCUT2D eigenvalue weighted by Crippen LogP contribution is 2.33. The molecule has 0 aliphatic carbocycles. The predicted molar refractivity (Wildman–Crippen MR) is 108 cm³/mol. The zero-order valence-corrected chi connectivity index (χ0v) is 16.3. The summed E-state index contributed by atoms with van der Waals surface area (Å²) in [4.78, 5) is 17.4. The number of benzene rings is 2. The summed E-state index contributed by atoms with van der Waals surface area (Å²) in [7, 11) is 1.59. The highest BCUT2D eigenvalue weighted by Gasteiger charge is 2.23. The van der Waals surface area contributed by atoms with E-state index in [1.807, 2.05) is 30.3 Å². The monoisotopic (exact) mass is 399 g/mol. The number of amides is 1.